The minimum Gasteiger partial charge on any atom is -0.402 e. The van der Waals surface area contributed by atoms with Gasteiger partial charge in [-0.1, -0.05) is 24.3 Å². The van der Waals surface area contributed by atoms with Crippen LogP contribution in [0.15, 0.2) is 30.0 Å². The van der Waals surface area contributed by atoms with Gasteiger partial charge in [-0.05, 0) is 24.1 Å². The van der Waals surface area contributed by atoms with Gasteiger partial charge in [0, 0.05) is 12.2 Å². The zero-order valence-corrected chi connectivity index (χ0v) is 7.25. The zero-order chi connectivity index (χ0) is 8.97. The zero-order valence-electron chi connectivity index (χ0n) is 7.25. The Morgan fingerprint density at radius 1 is 1.42 bits per heavy atom. The summed E-state index contributed by atoms with van der Waals surface area (Å²) in [5, 5.41) is 0. The highest BCUT2D eigenvalue weighted by Crippen LogP contribution is 2.10. The molecule has 0 fully saturated rings. The van der Waals surface area contributed by atoms with Crippen molar-refractivity contribution >= 4 is 6.08 Å². The second-order valence-electron chi connectivity index (χ2n) is 2.79. The van der Waals surface area contributed by atoms with Crippen molar-refractivity contribution in [2.45, 2.75) is 13.5 Å². The van der Waals surface area contributed by atoms with Crippen LogP contribution in [0.4, 0.5) is 0 Å². The van der Waals surface area contributed by atoms with E-state index in [-0.39, 0.29) is 0 Å². The van der Waals surface area contributed by atoms with E-state index in [1.165, 1.54) is 0 Å². The minimum absolute atomic E-state index is 0.556. The van der Waals surface area contributed by atoms with E-state index >= 15 is 0 Å². The van der Waals surface area contributed by atoms with Crippen molar-refractivity contribution in [2.24, 2.45) is 11.5 Å². The monoisotopic (exact) mass is 162 g/mol. The lowest BCUT2D eigenvalue weighted by molar-refractivity contribution is 1.06. The van der Waals surface area contributed by atoms with Crippen LogP contribution in [0, 0.1) is 0 Å². The van der Waals surface area contributed by atoms with Gasteiger partial charge < -0.3 is 11.5 Å². The van der Waals surface area contributed by atoms with Gasteiger partial charge in [-0.25, -0.2) is 0 Å². The van der Waals surface area contributed by atoms with Crippen molar-refractivity contribution in [3.8, 4) is 0 Å². The van der Waals surface area contributed by atoms with Gasteiger partial charge in [-0.2, -0.15) is 0 Å². The van der Waals surface area contributed by atoms with Gasteiger partial charge in [-0.3, -0.25) is 0 Å². The molecule has 0 saturated carbocycles. The van der Waals surface area contributed by atoms with Crippen molar-refractivity contribution in [3.63, 3.8) is 0 Å². The fraction of sp³-hybridized carbons (Fsp3) is 0.200. The molecule has 0 aliphatic rings. The Morgan fingerprint density at radius 2 is 2.08 bits per heavy atom. The summed E-state index contributed by atoms with van der Waals surface area (Å²) < 4.78 is 0. The van der Waals surface area contributed by atoms with Crippen LogP contribution in [0.3, 0.4) is 0 Å². The molecular weight excluding hydrogens is 148 g/mol. The smallest absolute Gasteiger partial charge is 0.0184 e. The predicted molar refractivity (Wildman–Crippen MR) is 52.2 cm³/mol. The third kappa shape index (κ3) is 2.10. The summed E-state index contributed by atoms with van der Waals surface area (Å²) >= 11 is 0. The molecule has 0 amide bonds. The molecule has 1 aromatic rings. The summed E-state index contributed by atoms with van der Waals surface area (Å²) in [6.45, 7) is 2.42. The fourth-order valence-electron chi connectivity index (χ4n) is 1.11. The first-order valence-electron chi connectivity index (χ1n) is 3.96. The van der Waals surface area contributed by atoms with Gasteiger partial charge >= 0.3 is 0 Å². The quantitative estimate of drug-likeness (QED) is 0.691. The van der Waals surface area contributed by atoms with E-state index in [2.05, 4.69) is 0 Å². The van der Waals surface area contributed by atoms with Crippen molar-refractivity contribution in [1.82, 2.24) is 0 Å². The Bertz CT molecular complexity index is 286. The summed E-state index contributed by atoms with van der Waals surface area (Å²) in [5.74, 6) is 0. The second-order valence-corrected chi connectivity index (χ2v) is 2.79. The molecule has 64 valence electrons. The van der Waals surface area contributed by atoms with Gasteiger partial charge in [0.25, 0.3) is 0 Å². The third-order valence-electron chi connectivity index (χ3n) is 1.66. The molecule has 0 saturated heterocycles. The molecule has 0 aliphatic heterocycles. The minimum atomic E-state index is 0.556. The molecule has 0 bridgehead atoms. The maximum atomic E-state index is 5.57. The highest BCUT2D eigenvalue weighted by molar-refractivity contribution is 5.55. The molecule has 0 unspecified atom stereocenters. The Hall–Kier alpha value is -1.28. The first-order chi connectivity index (χ1) is 5.74. The number of rotatable bonds is 2. The van der Waals surface area contributed by atoms with E-state index in [4.69, 9.17) is 11.5 Å². The molecule has 0 atom stereocenters. The summed E-state index contributed by atoms with van der Waals surface area (Å²) in [6, 6.07) is 7.98. The number of benzene rings is 1. The third-order valence-corrected chi connectivity index (χ3v) is 1.66. The van der Waals surface area contributed by atoms with E-state index in [9.17, 15) is 0 Å². The number of nitrogens with two attached hydrogens (primary N) is 2. The molecule has 12 heavy (non-hydrogen) atoms. The largest absolute Gasteiger partial charge is 0.402 e. The molecule has 0 radical (unpaired) electrons. The van der Waals surface area contributed by atoms with Crippen molar-refractivity contribution in [3.05, 3.63) is 41.1 Å². The number of hydrogen-bond donors (Lipinski definition) is 2. The first kappa shape index (κ1) is 8.81. The lowest BCUT2D eigenvalue weighted by Gasteiger charge is -2.02. The SMILES string of the molecule is C/C(N)=C\c1ccccc1CN. The summed E-state index contributed by atoms with van der Waals surface area (Å²) in [4.78, 5) is 0. The van der Waals surface area contributed by atoms with Crippen LogP contribution in [0.2, 0.25) is 0 Å². The summed E-state index contributed by atoms with van der Waals surface area (Å²) in [5.41, 5.74) is 14.2. The van der Waals surface area contributed by atoms with Crippen LogP contribution in [0.1, 0.15) is 18.1 Å². The Balaban J connectivity index is 3.05. The van der Waals surface area contributed by atoms with E-state index in [1.807, 2.05) is 37.3 Å². The van der Waals surface area contributed by atoms with Crippen molar-refractivity contribution in [1.29, 1.82) is 0 Å². The lowest BCUT2D eigenvalue weighted by atomic mass is 10.1. The predicted octanol–water partition coefficient (Wildman–Crippen LogP) is 1.46. The van der Waals surface area contributed by atoms with Crippen molar-refractivity contribution < 1.29 is 0 Å². The Labute approximate surface area is 72.9 Å². The Morgan fingerprint density at radius 3 is 2.67 bits per heavy atom. The topological polar surface area (TPSA) is 52.0 Å². The lowest BCUT2D eigenvalue weighted by Crippen LogP contribution is -1.99. The highest BCUT2D eigenvalue weighted by atomic mass is 14.5. The van der Waals surface area contributed by atoms with Gasteiger partial charge in [-0.15, -0.1) is 0 Å². The summed E-state index contributed by atoms with van der Waals surface area (Å²) in [7, 11) is 0. The molecule has 1 rings (SSSR count). The molecule has 1 aromatic carbocycles. The van der Waals surface area contributed by atoms with Crippen molar-refractivity contribution in [2.75, 3.05) is 0 Å². The van der Waals surface area contributed by atoms with Crippen LogP contribution < -0.4 is 11.5 Å². The molecule has 4 N–H and O–H groups in total. The molecular formula is C10H14N2. The first-order valence-corrected chi connectivity index (χ1v) is 3.96. The number of hydrogen-bond acceptors (Lipinski definition) is 2. The standard InChI is InChI=1S/C10H14N2/c1-8(12)6-9-4-2-3-5-10(9)7-11/h2-6H,7,11-12H2,1H3/b8-6+. The average molecular weight is 162 g/mol. The van der Waals surface area contributed by atoms with Crippen LogP contribution in [-0.4, -0.2) is 0 Å². The Kier molecular flexibility index (Phi) is 2.88. The maximum Gasteiger partial charge on any atom is 0.0184 e. The van der Waals surface area contributed by atoms with Crippen LogP contribution in [0.25, 0.3) is 6.08 Å². The average Bonchev–Trinajstić information content (AvgIpc) is 2.04. The maximum absolute atomic E-state index is 5.57. The van der Waals surface area contributed by atoms with E-state index < -0.39 is 0 Å². The van der Waals surface area contributed by atoms with E-state index in [0.717, 1.165) is 16.8 Å². The molecule has 0 spiro atoms. The van der Waals surface area contributed by atoms with Gasteiger partial charge in [0.15, 0.2) is 0 Å². The van der Waals surface area contributed by atoms with Crippen LogP contribution in [0.5, 0.6) is 0 Å². The van der Waals surface area contributed by atoms with Gasteiger partial charge in [0.05, 0.1) is 0 Å². The van der Waals surface area contributed by atoms with Crippen LogP contribution in [-0.2, 0) is 6.54 Å². The molecule has 0 aromatic heterocycles. The molecule has 2 nitrogen and oxygen atoms in total. The number of allylic oxidation sites excluding steroid dienone is 1. The van der Waals surface area contributed by atoms with Crippen LogP contribution >= 0.6 is 0 Å². The normalized spacial score (nSPS) is 11.7. The molecule has 0 heterocycles. The summed E-state index contributed by atoms with van der Waals surface area (Å²) in [6.07, 6.45) is 1.93. The van der Waals surface area contributed by atoms with E-state index in [0.29, 0.717) is 6.54 Å². The molecule has 0 aliphatic carbocycles. The molecule has 2 heteroatoms. The fourth-order valence-corrected chi connectivity index (χ4v) is 1.11. The highest BCUT2D eigenvalue weighted by Gasteiger charge is 1.94. The van der Waals surface area contributed by atoms with E-state index in [1.54, 1.807) is 0 Å². The van der Waals surface area contributed by atoms with Gasteiger partial charge in [0.1, 0.15) is 0 Å². The second kappa shape index (κ2) is 3.93. The van der Waals surface area contributed by atoms with Gasteiger partial charge in [0.2, 0.25) is 0 Å².